The number of aromatic nitrogens is 5. The number of aliphatic hydroxyl groups is 2. The van der Waals surface area contributed by atoms with E-state index in [2.05, 4.69) is 64.7 Å². The van der Waals surface area contributed by atoms with Crippen molar-refractivity contribution in [2.45, 2.75) is 44.2 Å². The van der Waals surface area contributed by atoms with Gasteiger partial charge >= 0.3 is 0 Å². The molecule has 0 unspecified atom stereocenters. The van der Waals surface area contributed by atoms with E-state index in [1.165, 1.54) is 115 Å². The summed E-state index contributed by atoms with van der Waals surface area (Å²) in [5, 5.41) is 34.1. The largest absolute Gasteiger partial charge is 0.396 e. The Morgan fingerprint density at radius 2 is 0.521 bits per heavy atom. The van der Waals surface area contributed by atoms with Crippen LogP contribution in [0.5, 0.6) is 0 Å². The zero-order chi connectivity index (χ0) is 104. The fraction of sp³-hybridized carbons (Fsp3) is 0.0962. The molecule has 0 aliphatic carbocycles. The Morgan fingerprint density at radius 1 is 0.278 bits per heavy atom. The van der Waals surface area contributed by atoms with E-state index < -0.39 is 79.3 Å². The molecule has 7 N–H and O–H groups in total. The normalized spacial score (nSPS) is 11.2. The standard InChI is InChI=1S/C21H18Cl2N2O4S.C21H16Cl2N2O3S.C21H19ClN2O3S.C21H17ClN2O3S.C20H16Cl2N2O4S/c22-18-8-5-14(12-17(18)20-4-1-2-9-24-20)25-21(27)16-7-6-15(13-19(16)23)30(28,29)11-3-10-26;1-2-11-29(27,28)15-7-8-16(19(23)13-15)21(26)25-14-6-9-18(22)17(12-14)20-5-3-4-10-24-20;2*1-2-13-28(26,27)17-9-6-15(7-10-17)21(25)24-16-8-11-19(22)18(14-16)20-5-3-4-12-23-20;21-17-7-4-13(11-16(17)19-3-1-2-8-23-19)24-20(26)15-6-5-14(12-18(15)22)29(27,28)10-9-25/h1-2,4-9,12-13,26H,3,10-11H2,(H,25,27);2-10,12-13H,1,11H2,(H,25,26);3-12,14H,2,13H2,1H3,(H,24,25);2-12,14H,1,13H2,(H,24,25);1-8,11-12,25H,9-10H2,(H,24,26). The van der Waals surface area contributed by atoms with E-state index in [9.17, 15) is 66.1 Å². The molecule has 15 rings (SSSR count). The number of carbonyl (C=O) groups excluding carboxylic acids is 5. The van der Waals surface area contributed by atoms with Gasteiger partial charge in [0.2, 0.25) is 0 Å². The van der Waals surface area contributed by atoms with E-state index in [1.807, 2.05) is 67.6 Å². The quantitative estimate of drug-likeness (QED) is 0.0198. The van der Waals surface area contributed by atoms with E-state index >= 15 is 0 Å². The van der Waals surface area contributed by atoms with Crippen LogP contribution in [0.1, 0.15) is 71.6 Å². The van der Waals surface area contributed by atoms with E-state index in [-0.39, 0.29) is 104 Å². The van der Waals surface area contributed by atoms with Crippen molar-refractivity contribution < 1.29 is 76.3 Å². The predicted octanol–water partition coefficient (Wildman–Crippen LogP) is 23.3. The number of sulfone groups is 5. The van der Waals surface area contributed by atoms with Gasteiger partial charge in [-0.05, 0) is 268 Å². The highest BCUT2D eigenvalue weighted by molar-refractivity contribution is 7.92. The number of hydrogen-bond donors (Lipinski definition) is 7. The molecule has 0 saturated carbocycles. The fourth-order valence-corrected chi connectivity index (χ4v) is 21.2. The van der Waals surface area contributed by atoms with Gasteiger partial charge in [-0.2, -0.15) is 0 Å². The molecule has 144 heavy (non-hydrogen) atoms. The third-order valence-electron chi connectivity index (χ3n) is 20.5. The lowest BCUT2D eigenvalue weighted by atomic mass is 10.1. The van der Waals surface area contributed by atoms with E-state index in [1.54, 1.807) is 152 Å². The molecule has 0 atom stereocenters. The van der Waals surface area contributed by atoms with Crippen LogP contribution >= 0.6 is 92.8 Å². The summed E-state index contributed by atoms with van der Waals surface area (Å²) in [4.78, 5) is 84.7. The molecule has 40 heteroatoms. The maximum absolute atomic E-state index is 12.7. The topological polar surface area (TPSA) is 421 Å². The molecule has 0 spiro atoms. The number of carbonyl (C=O) groups is 5. The number of amides is 5. The summed E-state index contributed by atoms with van der Waals surface area (Å²) < 4.78 is 121. The van der Waals surface area contributed by atoms with Gasteiger partial charge in [-0.1, -0.05) is 142 Å². The molecule has 15 aromatic rings. The second-order valence-corrected chi connectivity index (χ2v) is 44.3. The van der Waals surface area contributed by atoms with E-state index in [0.717, 1.165) is 0 Å². The number of hydrogen-bond acceptors (Lipinski definition) is 22. The van der Waals surface area contributed by atoms with Gasteiger partial charge < -0.3 is 36.8 Å². The molecule has 5 amide bonds. The van der Waals surface area contributed by atoms with Crippen LogP contribution in [-0.2, 0) is 49.2 Å². The monoisotopic (exact) mass is 2190 g/mol. The van der Waals surface area contributed by atoms with Crippen LogP contribution in [0.3, 0.4) is 0 Å². The molecule has 0 fully saturated rings. The van der Waals surface area contributed by atoms with Crippen molar-refractivity contribution in [1.29, 1.82) is 0 Å². The van der Waals surface area contributed by atoms with Gasteiger partial charge in [-0.3, -0.25) is 48.9 Å². The van der Waals surface area contributed by atoms with Crippen molar-refractivity contribution in [3.05, 3.63) is 409 Å². The lowest BCUT2D eigenvalue weighted by Gasteiger charge is -2.11. The van der Waals surface area contributed by atoms with Gasteiger partial charge in [-0.25, -0.2) is 42.1 Å². The second-order valence-electron chi connectivity index (χ2n) is 30.7. The molecule has 10 aromatic carbocycles. The van der Waals surface area contributed by atoms with Crippen LogP contribution in [0.2, 0.25) is 40.2 Å². The number of nitrogens with one attached hydrogen (secondary N) is 5. The Kier molecular flexibility index (Phi) is 40.0. The van der Waals surface area contributed by atoms with Crippen LogP contribution in [0.15, 0.2) is 366 Å². The van der Waals surface area contributed by atoms with Crippen LogP contribution < -0.4 is 26.6 Å². The molecule has 0 aliphatic rings. The minimum absolute atomic E-state index is 0.00133. The number of aliphatic hydroxyl groups excluding tert-OH is 2. The average Bonchev–Trinajstić information content (AvgIpc) is 0.796. The first-order valence-corrected chi connectivity index (χ1v) is 54.3. The SMILES string of the molecule is C=CCS(=O)(=O)c1ccc(C(=O)Nc2ccc(Cl)c(-c3ccccn3)c2)c(Cl)c1.C=CCS(=O)(=O)c1ccc(C(=O)Nc2ccc(Cl)c(-c3ccccn3)c2)cc1.CCCS(=O)(=O)c1ccc(C(=O)Nc2ccc(Cl)c(-c3ccccn3)c2)cc1.O=C(Nc1ccc(Cl)c(-c2ccccn2)c1)c1ccc(S(=O)(=O)CCCO)cc1Cl.O=C(Nc1ccc(Cl)c(-c2ccccn2)c1)c1ccc(S(=O)(=O)CCO)cc1Cl. The van der Waals surface area contributed by atoms with Crippen molar-refractivity contribution in [1.82, 2.24) is 24.9 Å². The summed E-state index contributed by atoms with van der Waals surface area (Å²) in [6, 6.07) is 76.0. The summed E-state index contributed by atoms with van der Waals surface area (Å²) in [6.45, 7) is 7.95. The number of rotatable bonds is 31. The zero-order valence-corrected chi connectivity index (χ0v) is 85.9. The van der Waals surface area contributed by atoms with Crippen LogP contribution in [0.25, 0.3) is 56.3 Å². The molecular formula is C104H86Cl8N10O17S5. The molecule has 740 valence electrons. The highest BCUT2D eigenvalue weighted by Gasteiger charge is 2.25. The predicted molar refractivity (Wildman–Crippen MR) is 570 cm³/mol. The van der Waals surface area contributed by atoms with Gasteiger partial charge in [0.15, 0.2) is 49.2 Å². The maximum Gasteiger partial charge on any atom is 0.257 e. The summed E-state index contributed by atoms with van der Waals surface area (Å²) in [5.41, 5.74) is 10.5. The van der Waals surface area contributed by atoms with E-state index in [0.29, 0.717) is 127 Å². The smallest absolute Gasteiger partial charge is 0.257 e. The van der Waals surface area contributed by atoms with Crippen molar-refractivity contribution >= 4 is 200 Å². The fourth-order valence-electron chi connectivity index (χ4n) is 13.4. The first-order valence-electron chi connectivity index (χ1n) is 43.0. The summed E-state index contributed by atoms with van der Waals surface area (Å²) >= 11 is 49.8. The molecule has 0 bridgehead atoms. The van der Waals surface area contributed by atoms with Gasteiger partial charge in [0.05, 0.1) is 145 Å². The van der Waals surface area contributed by atoms with Gasteiger partial charge in [-0.15, -0.1) is 13.2 Å². The van der Waals surface area contributed by atoms with Gasteiger partial charge in [0, 0.05) is 105 Å². The van der Waals surface area contributed by atoms with Crippen LogP contribution in [-0.4, -0.2) is 149 Å². The maximum atomic E-state index is 12.7. The van der Waals surface area contributed by atoms with Crippen molar-refractivity contribution in [2.75, 3.05) is 68.6 Å². The first kappa shape index (κ1) is 111. The van der Waals surface area contributed by atoms with Crippen LogP contribution in [0.4, 0.5) is 28.4 Å². The second kappa shape index (κ2) is 51.8. The van der Waals surface area contributed by atoms with Crippen molar-refractivity contribution in [3.63, 3.8) is 0 Å². The highest BCUT2D eigenvalue weighted by atomic mass is 35.5. The summed E-state index contributed by atoms with van der Waals surface area (Å²) in [5.74, 6) is -3.07. The summed E-state index contributed by atoms with van der Waals surface area (Å²) in [6.07, 6.45) is 11.6. The summed E-state index contributed by atoms with van der Waals surface area (Å²) in [7, 11) is -17.5. The molecule has 0 aliphatic heterocycles. The Bertz CT molecular complexity index is 7830. The highest BCUT2D eigenvalue weighted by Crippen LogP contribution is 2.37. The van der Waals surface area contributed by atoms with Gasteiger partial charge in [0.25, 0.3) is 29.5 Å². The van der Waals surface area contributed by atoms with E-state index in [4.69, 9.17) is 103 Å². The number of halogens is 8. The third kappa shape index (κ3) is 30.7. The van der Waals surface area contributed by atoms with Crippen molar-refractivity contribution in [2.24, 2.45) is 0 Å². The molecule has 27 nitrogen and oxygen atoms in total. The number of pyridine rings is 5. The Hall–Kier alpha value is -13.2. The minimum atomic E-state index is -3.66. The average molecular weight is 2190 g/mol. The Balaban J connectivity index is 0.000000172. The molecule has 0 radical (unpaired) electrons. The minimum Gasteiger partial charge on any atom is -0.396 e. The molecular weight excluding hydrogens is 2110 g/mol. The Labute approximate surface area is 872 Å². The number of anilines is 5. The molecule has 0 saturated heterocycles. The zero-order valence-electron chi connectivity index (χ0n) is 75.8. The third-order valence-corrected chi connectivity index (χ3v) is 31.8. The van der Waals surface area contributed by atoms with Crippen LogP contribution in [0, 0.1) is 0 Å². The van der Waals surface area contributed by atoms with Gasteiger partial charge in [0.1, 0.15) is 0 Å². The number of benzene rings is 10. The Morgan fingerprint density at radius 3 is 0.764 bits per heavy atom. The lowest BCUT2D eigenvalue weighted by molar-refractivity contribution is 0.101. The molecule has 5 aromatic heterocycles. The lowest BCUT2D eigenvalue weighted by Crippen LogP contribution is -2.14. The molecule has 5 heterocycles. The first-order chi connectivity index (χ1) is 68.7. The van der Waals surface area contributed by atoms with Crippen molar-refractivity contribution in [3.8, 4) is 56.3 Å². The number of nitrogens with zero attached hydrogens (tertiary/aromatic N) is 5.